The van der Waals surface area contributed by atoms with Crippen molar-refractivity contribution in [2.45, 2.75) is 0 Å². The number of furan rings is 1. The second kappa shape index (κ2) is 10.8. The number of halogens is 2. The Bertz CT molecular complexity index is 1200. The minimum Gasteiger partial charge on any atom is -0.496 e. The Labute approximate surface area is 211 Å². The molecule has 9 heteroatoms. The molecule has 1 fully saturated rings. The monoisotopic (exact) mass is 543 g/mol. The van der Waals surface area contributed by atoms with Gasteiger partial charge >= 0.3 is 0 Å². The zero-order chi connectivity index (χ0) is 24.1. The van der Waals surface area contributed by atoms with Gasteiger partial charge in [0.2, 0.25) is 5.91 Å². The number of methoxy groups -OCH3 is 1. The van der Waals surface area contributed by atoms with Crippen LogP contribution in [0.15, 0.2) is 69.8 Å². The Morgan fingerprint density at radius 1 is 1.12 bits per heavy atom. The van der Waals surface area contributed by atoms with Gasteiger partial charge in [0, 0.05) is 48.0 Å². The highest BCUT2D eigenvalue weighted by Gasteiger charge is 2.24. The molecule has 2 heterocycles. The van der Waals surface area contributed by atoms with Gasteiger partial charge in [-0.15, -0.1) is 0 Å². The van der Waals surface area contributed by atoms with Crippen molar-refractivity contribution in [3.8, 4) is 5.75 Å². The molecule has 1 N–H and O–H groups in total. The van der Waals surface area contributed by atoms with Crippen molar-refractivity contribution in [2.24, 2.45) is 0 Å². The average Bonchev–Trinajstić information content (AvgIpc) is 3.38. The fourth-order valence-corrected chi connectivity index (χ4v) is 4.41. The van der Waals surface area contributed by atoms with Gasteiger partial charge in [0.1, 0.15) is 5.75 Å². The van der Waals surface area contributed by atoms with Gasteiger partial charge in [0.25, 0.3) is 5.91 Å². The number of ether oxygens (including phenoxy) is 1. The Hall–Kier alpha value is -3.23. The number of anilines is 2. The Balaban J connectivity index is 1.36. The third-order valence-corrected chi connectivity index (χ3v) is 6.26. The van der Waals surface area contributed by atoms with E-state index in [4.69, 9.17) is 20.8 Å². The van der Waals surface area contributed by atoms with Gasteiger partial charge in [-0.3, -0.25) is 9.59 Å². The van der Waals surface area contributed by atoms with Crippen LogP contribution in [0.3, 0.4) is 0 Å². The maximum absolute atomic E-state index is 12.4. The van der Waals surface area contributed by atoms with Crippen LogP contribution >= 0.6 is 27.5 Å². The summed E-state index contributed by atoms with van der Waals surface area (Å²) in [7, 11) is 1.58. The van der Waals surface area contributed by atoms with Gasteiger partial charge in [0.05, 0.1) is 24.1 Å². The maximum atomic E-state index is 12.4. The van der Waals surface area contributed by atoms with E-state index in [9.17, 15) is 9.59 Å². The molecule has 3 aromatic rings. The lowest BCUT2D eigenvalue weighted by molar-refractivity contribution is -0.111. The van der Waals surface area contributed by atoms with Crippen LogP contribution < -0.4 is 15.0 Å². The van der Waals surface area contributed by atoms with E-state index < -0.39 is 0 Å². The number of rotatable bonds is 6. The van der Waals surface area contributed by atoms with E-state index in [1.807, 2.05) is 30.3 Å². The highest BCUT2D eigenvalue weighted by molar-refractivity contribution is 9.10. The normalized spacial score (nSPS) is 13.9. The molecule has 1 aromatic heterocycles. The number of amides is 2. The Morgan fingerprint density at radius 2 is 1.91 bits per heavy atom. The van der Waals surface area contributed by atoms with Gasteiger partial charge in [-0.25, -0.2) is 0 Å². The summed E-state index contributed by atoms with van der Waals surface area (Å²) in [4.78, 5) is 28.8. The fraction of sp³-hybridized carbons (Fsp3) is 0.200. The quantitative estimate of drug-likeness (QED) is 0.425. The second-order valence-electron chi connectivity index (χ2n) is 7.63. The maximum Gasteiger partial charge on any atom is 0.289 e. The summed E-state index contributed by atoms with van der Waals surface area (Å²) in [5.74, 6) is 0.628. The zero-order valence-corrected chi connectivity index (χ0v) is 20.8. The first kappa shape index (κ1) is 23.9. The summed E-state index contributed by atoms with van der Waals surface area (Å²) in [6.45, 7) is 2.43. The van der Waals surface area contributed by atoms with Crippen LogP contribution in [0, 0.1) is 0 Å². The highest BCUT2D eigenvalue weighted by Crippen LogP contribution is 2.30. The predicted octanol–water partition coefficient (Wildman–Crippen LogP) is 5.32. The number of carbonyl (C=O) groups excluding carboxylic acids is 2. The molecule has 34 heavy (non-hydrogen) atoms. The molecule has 0 saturated carbocycles. The topological polar surface area (TPSA) is 75.0 Å². The number of benzene rings is 2. The molecule has 0 bridgehead atoms. The molecule has 1 saturated heterocycles. The summed E-state index contributed by atoms with van der Waals surface area (Å²) < 4.78 is 11.4. The van der Waals surface area contributed by atoms with Crippen LogP contribution in [0.1, 0.15) is 16.1 Å². The first-order chi connectivity index (χ1) is 16.4. The van der Waals surface area contributed by atoms with Crippen LogP contribution in [-0.2, 0) is 4.79 Å². The summed E-state index contributed by atoms with van der Waals surface area (Å²) in [5, 5.41) is 3.36. The predicted molar refractivity (Wildman–Crippen MR) is 137 cm³/mol. The zero-order valence-electron chi connectivity index (χ0n) is 18.5. The van der Waals surface area contributed by atoms with Crippen molar-refractivity contribution >= 4 is 56.8 Å². The lowest BCUT2D eigenvalue weighted by atomic mass is 10.2. The molecule has 2 amide bonds. The SMILES string of the molecule is COc1ccc(Br)cc1/C=C/C(=O)Nc1ccc(N2CCN(C(=O)c3ccco3)CC2)c(Cl)c1. The molecule has 4 rings (SSSR count). The van der Waals surface area contributed by atoms with Gasteiger partial charge in [-0.05, 0) is 54.6 Å². The first-order valence-corrected chi connectivity index (χ1v) is 11.8. The lowest BCUT2D eigenvalue weighted by Gasteiger charge is -2.36. The van der Waals surface area contributed by atoms with Crippen LogP contribution in [0.2, 0.25) is 5.02 Å². The molecule has 0 radical (unpaired) electrons. The van der Waals surface area contributed by atoms with Crippen molar-refractivity contribution in [3.63, 3.8) is 0 Å². The molecule has 7 nitrogen and oxygen atoms in total. The molecule has 0 spiro atoms. The van der Waals surface area contributed by atoms with E-state index in [0.717, 1.165) is 15.7 Å². The Kier molecular flexibility index (Phi) is 7.59. The van der Waals surface area contributed by atoms with E-state index in [1.54, 1.807) is 36.3 Å². The number of piperazine rings is 1. The number of hydrogen-bond acceptors (Lipinski definition) is 5. The van der Waals surface area contributed by atoms with Crippen LogP contribution in [-0.4, -0.2) is 50.0 Å². The van der Waals surface area contributed by atoms with Gasteiger partial charge in [0.15, 0.2) is 5.76 Å². The number of carbonyl (C=O) groups is 2. The van der Waals surface area contributed by atoms with Crippen molar-refractivity contribution in [2.75, 3.05) is 43.5 Å². The van der Waals surface area contributed by atoms with E-state index in [1.165, 1.54) is 12.3 Å². The molecule has 176 valence electrons. The number of nitrogens with one attached hydrogen (secondary N) is 1. The van der Waals surface area contributed by atoms with Crippen LogP contribution in [0.5, 0.6) is 5.75 Å². The van der Waals surface area contributed by atoms with Gasteiger partial charge < -0.3 is 24.3 Å². The summed E-state index contributed by atoms with van der Waals surface area (Å²) in [5.41, 5.74) is 2.24. The van der Waals surface area contributed by atoms with E-state index in [0.29, 0.717) is 48.4 Å². The molecular weight excluding hydrogens is 522 g/mol. The molecule has 1 aliphatic rings. The fourth-order valence-electron chi connectivity index (χ4n) is 3.73. The van der Waals surface area contributed by atoms with Crippen molar-refractivity contribution in [3.05, 3.63) is 81.7 Å². The van der Waals surface area contributed by atoms with E-state index in [2.05, 4.69) is 26.1 Å². The molecule has 1 aliphatic heterocycles. The number of hydrogen-bond donors (Lipinski definition) is 1. The van der Waals surface area contributed by atoms with Crippen molar-refractivity contribution < 1.29 is 18.7 Å². The van der Waals surface area contributed by atoms with E-state index >= 15 is 0 Å². The first-order valence-electron chi connectivity index (χ1n) is 10.6. The minimum atomic E-state index is -0.282. The Morgan fingerprint density at radius 3 is 2.59 bits per heavy atom. The van der Waals surface area contributed by atoms with Crippen LogP contribution in [0.25, 0.3) is 6.08 Å². The molecule has 0 aliphatic carbocycles. The summed E-state index contributed by atoms with van der Waals surface area (Å²) in [6, 6.07) is 14.4. The second-order valence-corrected chi connectivity index (χ2v) is 8.95. The van der Waals surface area contributed by atoms with Crippen molar-refractivity contribution in [1.29, 1.82) is 0 Å². The summed E-state index contributed by atoms with van der Waals surface area (Å²) in [6.07, 6.45) is 4.64. The minimum absolute atomic E-state index is 0.109. The largest absolute Gasteiger partial charge is 0.496 e. The number of nitrogens with zero attached hydrogens (tertiary/aromatic N) is 2. The van der Waals surface area contributed by atoms with Gasteiger partial charge in [-0.2, -0.15) is 0 Å². The van der Waals surface area contributed by atoms with Gasteiger partial charge in [-0.1, -0.05) is 27.5 Å². The average molecular weight is 545 g/mol. The smallest absolute Gasteiger partial charge is 0.289 e. The third kappa shape index (κ3) is 5.63. The van der Waals surface area contributed by atoms with E-state index in [-0.39, 0.29) is 11.8 Å². The van der Waals surface area contributed by atoms with Crippen molar-refractivity contribution in [1.82, 2.24) is 4.90 Å². The molecule has 0 unspecified atom stereocenters. The standard InChI is InChI=1S/C25H23BrClN3O4/c1-33-22-8-5-18(26)15-17(22)4-9-24(31)28-19-6-7-21(20(27)16-19)29-10-12-30(13-11-29)25(32)23-3-2-14-34-23/h2-9,14-16H,10-13H2,1H3,(H,28,31)/b9-4+. The highest BCUT2D eigenvalue weighted by atomic mass is 79.9. The molecule has 2 aromatic carbocycles. The molecular formula is C25H23BrClN3O4. The third-order valence-electron chi connectivity index (χ3n) is 5.46. The summed E-state index contributed by atoms with van der Waals surface area (Å²) >= 11 is 9.95. The molecule has 0 atom stereocenters. The van der Waals surface area contributed by atoms with Crippen LogP contribution in [0.4, 0.5) is 11.4 Å². The lowest BCUT2D eigenvalue weighted by Crippen LogP contribution is -2.48.